The maximum Gasteiger partial charge on any atom is 0.401 e. The van der Waals surface area contributed by atoms with E-state index in [1.54, 1.807) is 0 Å². The van der Waals surface area contributed by atoms with Gasteiger partial charge in [-0.3, -0.25) is 0 Å². The molecule has 1 saturated carbocycles. The van der Waals surface area contributed by atoms with E-state index in [2.05, 4.69) is 17.3 Å². The molecule has 1 rings (SSSR count). The lowest BCUT2D eigenvalue weighted by Crippen LogP contribution is -2.36. The highest BCUT2D eigenvalue weighted by atomic mass is 19.4. The van der Waals surface area contributed by atoms with Crippen molar-refractivity contribution in [2.24, 2.45) is 0 Å². The minimum absolute atomic E-state index is 0.441. The smallest absolute Gasteiger partial charge is 0.309 e. The Hall–Kier alpha value is -0.290. The second kappa shape index (κ2) is 7.21. The van der Waals surface area contributed by atoms with Crippen LogP contribution in [-0.2, 0) is 0 Å². The summed E-state index contributed by atoms with van der Waals surface area (Å²) in [7, 11) is 2.08. The summed E-state index contributed by atoms with van der Waals surface area (Å²) < 4.78 is 35.6. The Morgan fingerprint density at radius 2 is 1.82 bits per heavy atom. The maximum absolute atomic E-state index is 11.9. The fourth-order valence-corrected chi connectivity index (χ4v) is 2.39. The lowest BCUT2D eigenvalue weighted by atomic mass is 9.94. The van der Waals surface area contributed by atoms with Crippen molar-refractivity contribution in [1.29, 1.82) is 0 Å². The van der Waals surface area contributed by atoms with E-state index in [1.807, 2.05) is 0 Å². The number of alkyl halides is 3. The molecule has 1 N–H and O–H groups in total. The summed E-state index contributed by atoms with van der Waals surface area (Å²) >= 11 is 0. The maximum atomic E-state index is 11.9. The van der Waals surface area contributed by atoms with Gasteiger partial charge in [0.2, 0.25) is 0 Å². The van der Waals surface area contributed by atoms with E-state index in [1.165, 1.54) is 32.1 Å². The number of rotatable bonds is 6. The van der Waals surface area contributed by atoms with E-state index in [0.29, 0.717) is 12.6 Å². The van der Waals surface area contributed by atoms with Gasteiger partial charge < -0.3 is 10.2 Å². The zero-order valence-corrected chi connectivity index (χ0v) is 10.5. The van der Waals surface area contributed by atoms with Crippen LogP contribution >= 0.6 is 0 Å². The van der Waals surface area contributed by atoms with Crippen LogP contribution in [0.4, 0.5) is 13.2 Å². The lowest BCUT2D eigenvalue weighted by Gasteiger charge is -2.31. The molecule has 0 aliphatic heterocycles. The Bertz CT molecular complexity index is 200. The van der Waals surface area contributed by atoms with Gasteiger partial charge in [-0.05, 0) is 39.4 Å². The molecule has 2 nitrogen and oxygen atoms in total. The third-order valence-electron chi connectivity index (χ3n) is 3.39. The Morgan fingerprint density at radius 1 is 1.18 bits per heavy atom. The molecular weight excluding hydrogens is 229 g/mol. The summed E-state index contributed by atoms with van der Waals surface area (Å²) in [5.41, 5.74) is 0. The molecule has 0 amide bonds. The second-order valence-electron chi connectivity index (χ2n) is 4.92. The molecule has 0 unspecified atom stereocenters. The van der Waals surface area contributed by atoms with Crippen molar-refractivity contribution < 1.29 is 13.2 Å². The largest absolute Gasteiger partial charge is 0.401 e. The normalized spacial score (nSPS) is 18.9. The van der Waals surface area contributed by atoms with Gasteiger partial charge in [0.05, 0.1) is 6.54 Å². The van der Waals surface area contributed by atoms with Crippen LogP contribution in [0.2, 0.25) is 0 Å². The van der Waals surface area contributed by atoms with Crippen molar-refractivity contribution >= 4 is 0 Å². The first kappa shape index (κ1) is 14.8. The molecule has 0 atom stereocenters. The van der Waals surface area contributed by atoms with Crippen LogP contribution in [-0.4, -0.2) is 43.8 Å². The number of halogens is 3. The van der Waals surface area contributed by atoms with Gasteiger partial charge in [-0.25, -0.2) is 0 Å². The first-order chi connectivity index (χ1) is 7.99. The summed E-state index contributed by atoms with van der Waals surface area (Å²) in [4.78, 5) is 2.30. The quantitative estimate of drug-likeness (QED) is 0.731. The Labute approximate surface area is 102 Å². The molecule has 0 bridgehead atoms. The van der Waals surface area contributed by atoms with E-state index in [9.17, 15) is 13.2 Å². The zero-order valence-electron chi connectivity index (χ0n) is 10.5. The second-order valence-corrected chi connectivity index (χ2v) is 4.92. The highest BCUT2D eigenvalue weighted by Gasteiger charge is 2.26. The van der Waals surface area contributed by atoms with E-state index < -0.39 is 12.7 Å². The molecule has 1 fully saturated rings. The standard InChI is InChI=1S/C12H23F3N2/c1-17(11-6-3-2-4-7-11)9-5-8-16-10-12(13,14)15/h11,16H,2-10H2,1H3. The third-order valence-corrected chi connectivity index (χ3v) is 3.39. The minimum Gasteiger partial charge on any atom is -0.309 e. The number of hydrogen-bond acceptors (Lipinski definition) is 2. The average molecular weight is 252 g/mol. The van der Waals surface area contributed by atoms with Crippen molar-refractivity contribution in [3.63, 3.8) is 0 Å². The van der Waals surface area contributed by atoms with E-state index >= 15 is 0 Å². The first-order valence-corrected chi connectivity index (χ1v) is 6.47. The fourth-order valence-electron chi connectivity index (χ4n) is 2.39. The summed E-state index contributed by atoms with van der Waals surface area (Å²) in [5.74, 6) is 0. The van der Waals surface area contributed by atoms with Crippen molar-refractivity contribution in [1.82, 2.24) is 10.2 Å². The summed E-state index contributed by atoms with van der Waals surface area (Å²) in [6.07, 6.45) is 3.09. The van der Waals surface area contributed by atoms with E-state index in [-0.39, 0.29) is 0 Å². The van der Waals surface area contributed by atoms with Gasteiger partial charge in [0, 0.05) is 6.04 Å². The van der Waals surface area contributed by atoms with Gasteiger partial charge >= 0.3 is 6.18 Å². The number of nitrogens with one attached hydrogen (secondary N) is 1. The highest BCUT2D eigenvalue weighted by Crippen LogP contribution is 2.21. The van der Waals surface area contributed by atoms with Crippen molar-refractivity contribution in [2.75, 3.05) is 26.7 Å². The summed E-state index contributed by atoms with van der Waals surface area (Å²) in [5, 5.41) is 2.43. The molecule has 0 spiro atoms. The fraction of sp³-hybridized carbons (Fsp3) is 1.00. The molecule has 17 heavy (non-hydrogen) atoms. The van der Waals surface area contributed by atoms with Crippen LogP contribution < -0.4 is 5.32 Å². The summed E-state index contributed by atoms with van der Waals surface area (Å²) in [6.45, 7) is 0.451. The number of hydrogen-bond donors (Lipinski definition) is 1. The van der Waals surface area contributed by atoms with Gasteiger partial charge in [0.15, 0.2) is 0 Å². The molecular formula is C12H23F3N2. The highest BCUT2D eigenvalue weighted by molar-refractivity contribution is 4.73. The van der Waals surface area contributed by atoms with Gasteiger partial charge in [-0.1, -0.05) is 19.3 Å². The lowest BCUT2D eigenvalue weighted by molar-refractivity contribution is -0.124. The Kier molecular flexibility index (Phi) is 6.27. The third kappa shape index (κ3) is 6.88. The molecule has 1 aliphatic carbocycles. The predicted molar refractivity (Wildman–Crippen MR) is 63.0 cm³/mol. The molecule has 102 valence electrons. The Balaban J connectivity index is 2.01. The van der Waals surface area contributed by atoms with Crippen LogP contribution in [0, 0.1) is 0 Å². The van der Waals surface area contributed by atoms with Gasteiger partial charge in [-0.2, -0.15) is 13.2 Å². The van der Waals surface area contributed by atoms with Crippen molar-refractivity contribution in [3.8, 4) is 0 Å². The molecule has 0 radical (unpaired) electrons. The minimum atomic E-state index is -4.09. The van der Waals surface area contributed by atoms with Gasteiger partial charge in [0.1, 0.15) is 0 Å². The SMILES string of the molecule is CN(CCCNCC(F)(F)F)C1CCCCC1. The monoisotopic (exact) mass is 252 g/mol. The summed E-state index contributed by atoms with van der Waals surface area (Å²) in [6, 6.07) is 0.645. The van der Waals surface area contributed by atoms with Gasteiger partial charge in [-0.15, -0.1) is 0 Å². The molecule has 5 heteroatoms. The molecule has 0 heterocycles. The molecule has 0 aromatic heterocycles. The first-order valence-electron chi connectivity index (χ1n) is 6.47. The van der Waals surface area contributed by atoms with E-state index in [4.69, 9.17) is 0 Å². The molecule has 1 aliphatic rings. The van der Waals surface area contributed by atoms with E-state index in [0.717, 1.165) is 13.0 Å². The number of nitrogens with zero attached hydrogens (tertiary/aromatic N) is 1. The topological polar surface area (TPSA) is 15.3 Å². The van der Waals surface area contributed by atoms with Gasteiger partial charge in [0.25, 0.3) is 0 Å². The van der Waals surface area contributed by atoms with Crippen molar-refractivity contribution in [3.05, 3.63) is 0 Å². The average Bonchev–Trinajstić information content (AvgIpc) is 2.28. The van der Waals surface area contributed by atoms with Crippen LogP contribution in [0.5, 0.6) is 0 Å². The van der Waals surface area contributed by atoms with Crippen LogP contribution in [0.25, 0.3) is 0 Å². The van der Waals surface area contributed by atoms with Crippen LogP contribution in [0.1, 0.15) is 38.5 Å². The molecule has 0 aromatic carbocycles. The van der Waals surface area contributed by atoms with Crippen LogP contribution in [0.15, 0.2) is 0 Å². The van der Waals surface area contributed by atoms with Crippen LogP contribution in [0.3, 0.4) is 0 Å². The predicted octanol–water partition coefficient (Wildman–Crippen LogP) is 2.79. The molecule has 0 aromatic rings. The Morgan fingerprint density at radius 3 is 2.41 bits per heavy atom. The van der Waals surface area contributed by atoms with Crippen molar-refractivity contribution in [2.45, 2.75) is 50.7 Å². The zero-order chi connectivity index (χ0) is 12.7. The molecule has 0 saturated heterocycles.